The minimum absolute atomic E-state index is 0.0000916. The molecule has 0 fully saturated rings. The summed E-state index contributed by atoms with van der Waals surface area (Å²) in [5, 5.41) is 13.8. The van der Waals surface area contributed by atoms with Gasteiger partial charge in [-0.05, 0) is 35.2 Å². The van der Waals surface area contributed by atoms with Gasteiger partial charge in [-0.3, -0.25) is 4.79 Å². The third-order valence-corrected chi connectivity index (χ3v) is 3.70. The van der Waals surface area contributed by atoms with E-state index in [1.54, 1.807) is 37.6 Å². The second-order valence-electron chi connectivity index (χ2n) is 5.28. The molecule has 0 atom stereocenters. The van der Waals surface area contributed by atoms with Gasteiger partial charge in [-0.15, -0.1) is 0 Å². The molecule has 0 aliphatic heterocycles. The zero-order valence-electron chi connectivity index (χ0n) is 13.6. The molecule has 122 valence electrons. The van der Waals surface area contributed by atoms with Gasteiger partial charge in [0, 0.05) is 11.6 Å². The number of hydrogen-bond acceptors (Lipinski definition) is 4. The van der Waals surface area contributed by atoms with Crippen LogP contribution in [0.25, 0.3) is 16.8 Å². The molecule has 0 saturated carbocycles. The maximum Gasteiger partial charge on any atom is 0.267 e. The van der Waals surface area contributed by atoms with E-state index >= 15 is 0 Å². The Kier molecular flexibility index (Phi) is 4.72. The molecule has 25 heavy (non-hydrogen) atoms. The first-order valence-electron chi connectivity index (χ1n) is 7.62. The zero-order chi connectivity index (χ0) is 17.6. The lowest BCUT2D eigenvalue weighted by Gasteiger charge is -2.07. The molecule has 3 aromatic rings. The molecule has 3 rings (SSSR count). The van der Waals surface area contributed by atoms with Crippen molar-refractivity contribution in [3.8, 4) is 11.8 Å². The summed E-state index contributed by atoms with van der Waals surface area (Å²) in [6.45, 7) is 0. The van der Waals surface area contributed by atoms with E-state index in [0.29, 0.717) is 11.6 Å². The Hall–Kier alpha value is -3.65. The molecule has 1 aromatic heterocycles. The van der Waals surface area contributed by atoms with E-state index in [1.807, 2.05) is 36.4 Å². The Morgan fingerprint density at radius 3 is 2.64 bits per heavy atom. The van der Waals surface area contributed by atoms with Crippen molar-refractivity contribution in [1.82, 2.24) is 4.98 Å². The van der Waals surface area contributed by atoms with Crippen molar-refractivity contribution < 1.29 is 9.53 Å². The van der Waals surface area contributed by atoms with Gasteiger partial charge in [0.05, 0.1) is 7.11 Å². The Morgan fingerprint density at radius 1 is 1.16 bits per heavy atom. The van der Waals surface area contributed by atoms with Crippen LogP contribution < -0.4 is 10.1 Å². The maximum atomic E-state index is 12.4. The van der Waals surface area contributed by atoms with E-state index in [2.05, 4.69) is 10.3 Å². The Balaban J connectivity index is 1.87. The zero-order valence-corrected chi connectivity index (χ0v) is 13.6. The summed E-state index contributed by atoms with van der Waals surface area (Å²) in [6, 6.07) is 18.5. The van der Waals surface area contributed by atoms with Crippen molar-refractivity contribution in [1.29, 1.82) is 5.26 Å². The van der Waals surface area contributed by atoms with E-state index in [4.69, 9.17) is 4.74 Å². The highest BCUT2D eigenvalue weighted by atomic mass is 16.5. The molecule has 0 bridgehead atoms. The fourth-order valence-electron chi connectivity index (χ4n) is 2.41. The van der Waals surface area contributed by atoms with E-state index in [-0.39, 0.29) is 5.57 Å². The second kappa shape index (κ2) is 7.28. The van der Waals surface area contributed by atoms with Crippen LogP contribution in [0.2, 0.25) is 0 Å². The molecule has 1 amide bonds. The number of pyridine rings is 1. The number of aromatic nitrogens is 1. The monoisotopic (exact) mass is 329 g/mol. The smallest absolute Gasteiger partial charge is 0.267 e. The van der Waals surface area contributed by atoms with Crippen molar-refractivity contribution in [2.45, 2.75) is 0 Å². The number of nitriles is 1. The highest BCUT2D eigenvalue weighted by Gasteiger charge is 2.12. The first-order chi connectivity index (χ1) is 12.2. The minimum Gasteiger partial charge on any atom is -0.497 e. The van der Waals surface area contributed by atoms with E-state index < -0.39 is 5.91 Å². The van der Waals surface area contributed by atoms with Gasteiger partial charge in [0.1, 0.15) is 23.2 Å². The van der Waals surface area contributed by atoms with Crippen LogP contribution in [-0.4, -0.2) is 18.0 Å². The molecule has 0 aliphatic carbocycles. The number of anilines is 1. The van der Waals surface area contributed by atoms with E-state index in [9.17, 15) is 10.1 Å². The first kappa shape index (κ1) is 16.2. The Labute approximate surface area is 145 Å². The summed E-state index contributed by atoms with van der Waals surface area (Å²) in [5.74, 6) is 0.640. The predicted octanol–water partition coefficient (Wildman–Crippen LogP) is 3.79. The molecule has 5 nitrogen and oxygen atoms in total. The number of carbonyl (C=O) groups is 1. The van der Waals surface area contributed by atoms with Gasteiger partial charge in [-0.25, -0.2) is 4.98 Å². The molecule has 0 aliphatic rings. The predicted molar refractivity (Wildman–Crippen MR) is 97.0 cm³/mol. The summed E-state index contributed by atoms with van der Waals surface area (Å²) >= 11 is 0. The summed E-state index contributed by atoms with van der Waals surface area (Å²) in [4.78, 5) is 16.7. The molecule has 1 heterocycles. The van der Waals surface area contributed by atoms with Gasteiger partial charge in [0.25, 0.3) is 5.91 Å². The van der Waals surface area contributed by atoms with Gasteiger partial charge in [-0.1, -0.05) is 36.4 Å². The van der Waals surface area contributed by atoms with Crippen LogP contribution in [0.3, 0.4) is 0 Å². The van der Waals surface area contributed by atoms with Gasteiger partial charge >= 0.3 is 0 Å². The fraction of sp³-hybridized carbons (Fsp3) is 0.0500. The minimum atomic E-state index is -0.498. The van der Waals surface area contributed by atoms with Gasteiger partial charge < -0.3 is 10.1 Å². The van der Waals surface area contributed by atoms with Crippen molar-refractivity contribution in [3.05, 3.63) is 71.9 Å². The first-order valence-corrected chi connectivity index (χ1v) is 7.62. The van der Waals surface area contributed by atoms with Crippen LogP contribution >= 0.6 is 0 Å². The number of nitrogens with one attached hydrogen (secondary N) is 1. The van der Waals surface area contributed by atoms with Crippen LogP contribution in [-0.2, 0) is 4.79 Å². The number of nitrogens with zero attached hydrogens (tertiary/aromatic N) is 2. The van der Waals surface area contributed by atoms with Crippen molar-refractivity contribution in [2.24, 2.45) is 0 Å². The standard InChI is InChI=1S/C20H15N3O2/c1-25-17-8-6-14(7-9-17)12-16(13-21)20(24)23-19-18-5-3-2-4-15(18)10-11-22-19/h2-12H,1H3,(H,22,23,24)/b16-12+. The number of hydrogen-bond donors (Lipinski definition) is 1. The summed E-state index contributed by atoms with van der Waals surface area (Å²) in [7, 11) is 1.58. The molecule has 0 spiro atoms. The van der Waals surface area contributed by atoms with E-state index in [0.717, 1.165) is 16.3 Å². The third kappa shape index (κ3) is 3.65. The van der Waals surface area contributed by atoms with Crippen LogP contribution in [0.4, 0.5) is 5.82 Å². The van der Waals surface area contributed by atoms with Crippen molar-refractivity contribution in [3.63, 3.8) is 0 Å². The van der Waals surface area contributed by atoms with Gasteiger partial charge in [0.2, 0.25) is 0 Å². The van der Waals surface area contributed by atoms with Crippen LogP contribution in [0.1, 0.15) is 5.56 Å². The van der Waals surface area contributed by atoms with Crippen molar-refractivity contribution >= 4 is 28.6 Å². The molecular weight excluding hydrogens is 314 g/mol. The number of rotatable bonds is 4. The largest absolute Gasteiger partial charge is 0.497 e. The highest BCUT2D eigenvalue weighted by molar-refractivity contribution is 6.12. The maximum absolute atomic E-state index is 12.4. The van der Waals surface area contributed by atoms with Crippen LogP contribution in [0, 0.1) is 11.3 Å². The lowest BCUT2D eigenvalue weighted by atomic mass is 10.1. The fourth-order valence-corrected chi connectivity index (χ4v) is 2.41. The quantitative estimate of drug-likeness (QED) is 0.584. The lowest BCUT2D eigenvalue weighted by Crippen LogP contribution is -2.14. The molecule has 0 saturated heterocycles. The molecule has 5 heteroatoms. The molecule has 0 radical (unpaired) electrons. The average Bonchev–Trinajstić information content (AvgIpc) is 2.66. The summed E-state index contributed by atoms with van der Waals surface area (Å²) in [5.41, 5.74) is 0.735. The molecule has 0 unspecified atom stereocenters. The number of methoxy groups -OCH3 is 1. The molecule has 2 aromatic carbocycles. The van der Waals surface area contributed by atoms with Gasteiger partial charge in [-0.2, -0.15) is 5.26 Å². The van der Waals surface area contributed by atoms with Crippen molar-refractivity contribution in [2.75, 3.05) is 12.4 Å². The normalized spacial score (nSPS) is 11.0. The number of amides is 1. The Bertz CT molecular complexity index is 980. The molecular formula is C20H15N3O2. The van der Waals surface area contributed by atoms with Gasteiger partial charge in [0.15, 0.2) is 0 Å². The van der Waals surface area contributed by atoms with Crippen LogP contribution in [0.15, 0.2) is 66.4 Å². The number of ether oxygens (including phenoxy) is 1. The van der Waals surface area contributed by atoms with E-state index in [1.165, 1.54) is 6.08 Å². The SMILES string of the molecule is COc1ccc(/C=C(\C#N)C(=O)Nc2nccc3ccccc23)cc1. The second-order valence-corrected chi connectivity index (χ2v) is 5.28. The van der Waals surface area contributed by atoms with Crippen LogP contribution in [0.5, 0.6) is 5.75 Å². The third-order valence-electron chi connectivity index (χ3n) is 3.70. The summed E-state index contributed by atoms with van der Waals surface area (Å²) < 4.78 is 5.09. The average molecular weight is 329 g/mol. The summed E-state index contributed by atoms with van der Waals surface area (Å²) in [6.07, 6.45) is 3.15. The number of carbonyl (C=O) groups excluding carboxylic acids is 1. The molecule has 1 N–H and O–H groups in total. The number of benzene rings is 2. The highest BCUT2D eigenvalue weighted by Crippen LogP contribution is 2.21. The number of fused-ring (bicyclic) bond motifs is 1. The lowest BCUT2D eigenvalue weighted by molar-refractivity contribution is -0.112. The topological polar surface area (TPSA) is 75.0 Å². The Morgan fingerprint density at radius 2 is 1.92 bits per heavy atom.